The monoisotopic (exact) mass is 531 g/mol. The van der Waals surface area contributed by atoms with Gasteiger partial charge in [0.15, 0.2) is 8.32 Å². The first kappa shape index (κ1) is 25.5. The molecule has 2 N–H and O–H groups in total. The smallest absolute Gasteiger partial charge is 0.268 e. The molecule has 2 aromatic carbocycles. The summed E-state index contributed by atoms with van der Waals surface area (Å²) < 4.78 is 15.7. The molecule has 33 heavy (non-hydrogen) atoms. The van der Waals surface area contributed by atoms with Gasteiger partial charge < -0.3 is 19.5 Å². The molecular weight excluding hydrogens is 498 g/mol. The van der Waals surface area contributed by atoms with E-state index in [0.717, 1.165) is 28.5 Å². The molecular formula is C25H34BrN3O3Si. The SMILES string of the molecule is CC(C)(C)[Si](C)(C)OC(CCCOc1ccc2ccc(Br)cc2c1)Cn1cnc(C(N)=O)c1. The summed E-state index contributed by atoms with van der Waals surface area (Å²) in [6, 6.07) is 12.4. The molecule has 0 saturated heterocycles. The zero-order valence-corrected chi connectivity index (χ0v) is 22.7. The van der Waals surface area contributed by atoms with E-state index in [1.165, 1.54) is 5.39 Å². The molecule has 0 spiro atoms. The fraction of sp³-hybridized carbons (Fsp3) is 0.440. The Hall–Kier alpha value is -2.16. The topological polar surface area (TPSA) is 79.4 Å². The number of primary amides is 1. The lowest BCUT2D eigenvalue weighted by atomic mass is 10.1. The molecule has 3 aromatic rings. The minimum Gasteiger partial charge on any atom is -0.494 e. The number of nitrogens with zero attached hydrogens (tertiary/aromatic N) is 2. The molecule has 0 fully saturated rings. The largest absolute Gasteiger partial charge is 0.494 e. The number of halogens is 1. The molecule has 0 aliphatic rings. The van der Waals surface area contributed by atoms with Gasteiger partial charge in [0.2, 0.25) is 0 Å². The molecule has 0 aliphatic heterocycles. The van der Waals surface area contributed by atoms with Gasteiger partial charge in [-0.1, -0.05) is 48.8 Å². The predicted molar refractivity (Wildman–Crippen MR) is 139 cm³/mol. The van der Waals surface area contributed by atoms with Crippen molar-refractivity contribution in [1.29, 1.82) is 0 Å². The maximum Gasteiger partial charge on any atom is 0.268 e. The van der Waals surface area contributed by atoms with Gasteiger partial charge in [0, 0.05) is 17.2 Å². The maximum absolute atomic E-state index is 11.4. The Morgan fingerprint density at radius 1 is 1.18 bits per heavy atom. The Morgan fingerprint density at radius 3 is 2.58 bits per heavy atom. The van der Waals surface area contributed by atoms with Gasteiger partial charge in [0.1, 0.15) is 11.4 Å². The third-order valence-electron chi connectivity index (χ3n) is 6.28. The van der Waals surface area contributed by atoms with Gasteiger partial charge in [-0.15, -0.1) is 0 Å². The molecule has 1 atom stereocenters. The summed E-state index contributed by atoms with van der Waals surface area (Å²) in [5, 5.41) is 2.43. The van der Waals surface area contributed by atoms with Crippen molar-refractivity contribution in [2.24, 2.45) is 5.73 Å². The Kier molecular flexibility index (Phi) is 8.03. The lowest BCUT2D eigenvalue weighted by Crippen LogP contribution is -2.45. The number of benzene rings is 2. The Morgan fingerprint density at radius 2 is 1.91 bits per heavy atom. The molecule has 6 nitrogen and oxygen atoms in total. The van der Waals surface area contributed by atoms with E-state index in [1.807, 2.05) is 16.7 Å². The third-order valence-corrected chi connectivity index (χ3v) is 11.3. The van der Waals surface area contributed by atoms with Crippen LogP contribution in [0, 0.1) is 0 Å². The number of rotatable bonds is 10. The highest BCUT2D eigenvalue weighted by Crippen LogP contribution is 2.38. The average molecular weight is 533 g/mol. The molecule has 1 amide bonds. The number of ether oxygens (including phenoxy) is 1. The highest BCUT2D eigenvalue weighted by molar-refractivity contribution is 9.10. The van der Waals surface area contributed by atoms with E-state index < -0.39 is 14.2 Å². The zero-order chi connectivity index (χ0) is 24.2. The van der Waals surface area contributed by atoms with Crippen LogP contribution in [-0.2, 0) is 11.0 Å². The Labute approximate surface area is 205 Å². The fourth-order valence-corrected chi connectivity index (χ4v) is 5.15. The first-order valence-corrected chi connectivity index (χ1v) is 15.0. The summed E-state index contributed by atoms with van der Waals surface area (Å²) in [6.45, 7) is 12.4. The zero-order valence-electron chi connectivity index (χ0n) is 20.1. The van der Waals surface area contributed by atoms with E-state index in [2.05, 4.69) is 79.0 Å². The molecule has 1 heterocycles. The fourth-order valence-electron chi connectivity index (χ4n) is 3.39. The Bertz CT molecular complexity index is 1110. The van der Waals surface area contributed by atoms with Crippen molar-refractivity contribution in [3.63, 3.8) is 0 Å². The van der Waals surface area contributed by atoms with Crippen LogP contribution >= 0.6 is 15.9 Å². The van der Waals surface area contributed by atoms with Crippen LogP contribution in [0.3, 0.4) is 0 Å². The first-order valence-electron chi connectivity index (χ1n) is 11.3. The van der Waals surface area contributed by atoms with Crippen molar-refractivity contribution in [3.05, 3.63) is 59.1 Å². The van der Waals surface area contributed by atoms with Crippen LogP contribution < -0.4 is 10.5 Å². The molecule has 1 aromatic heterocycles. The molecule has 3 rings (SSSR count). The molecule has 0 radical (unpaired) electrons. The average Bonchev–Trinajstić information content (AvgIpc) is 3.18. The molecule has 0 aliphatic carbocycles. The van der Waals surface area contributed by atoms with E-state index in [-0.39, 0.29) is 16.8 Å². The Balaban J connectivity index is 1.63. The summed E-state index contributed by atoms with van der Waals surface area (Å²) in [7, 11) is -1.97. The van der Waals surface area contributed by atoms with Crippen molar-refractivity contribution in [2.45, 2.75) is 64.4 Å². The molecule has 8 heteroatoms. The van der Waals surface area contributed by atoms with Gasteiger partial charge >= 0.3 is 0 Å². The van der Waals surface area contributed by atoms with Gasteiger partial charge in [0.05, 0.1) is 19.0 Å². The van der Waals surface area contributed by atoms with Gasteiger partial charge in [0.25, 0.3) is 5.91 Å². The number of amides is 1. The summed E-state index contributed by atoms with van der Waals surface area (Å²) in [4.78, 5) is 15.5. The lowest BCUT2D eigenvalue weighted by molar-refractivity contribution is 0.0995. The van der Waals surface area contributed by atoms with Crippen molar-refractivity contribution >= 4 is 40.9 Å². The number of fused-ring (bicyclic) bond motifs is 1. The number of imidazole rings is 1. The first-order chi connectivity index (χ1) is 15.4. The number of carbonyl (C=O) groups is 1. The highest BCUT2D eigenvalue weighted by Gasteiger charge is 2.39. The van der Waals surface area contributed by atoms with Crippen molar-refractivity contribution in [3.8, 4) is 5.75 Å². The van der Waals surface area contributed by atoms with Crippen LogP contribution in [0.25, 0.3) is 10.8 Å². The second-order valence-corrected chi connectivity index (χ2v) is 15.6. The highest BCUT2D eigenvalue weighted by atomic mass is 79.9. The van der Waals surface area contributed by atoms with Crippen molar-refractivity contribution < 1.29 is 14.0 Å². The standard InChI is InChI=1S/C25H34BrN3O3Si/c1-25(2,3)33(4,5)32-22(15-29-16-23(24(27)30)28-17-29)7-6-12-31-21-11-9-18-8-10-20(26)13-19(18)14-21/h8-11,13-14,16-17,22H,6-7,12,15H2,1-5H3,(H2,27,30). The quantitative estimate of drug-likeness (QED) is 0.251. The van der Waals surface area contributed by atoms with Crippen LogP contribution in [0.15, 0.2) is 53.4 Å². The third kappa shape index (κ3) is 6.91. The van der Waals surface area contributed by atoms with Crippen molar-refractivity contribution in [1.82, 2.24) is 9.55 Å². The van der Waals surface area contributed by atoms with Crippen LogP contribution in [0.1, 0.15) is 44.1 Å². The minimum atomic E-state index is -1.97. The molecule has 1 unspecified atom stereocenters. The van der Waals surface area contributed by atoms with E-state index in [0.29, 0.717) is 13.2 Å². The van der Waals surface area contributed by atoms with E-state index >= 15 is 0 Å². The number of nitrogens with two attached hydrogens (primary N) is 1. The van der Waals surface area contributed by atoms with Gasteiger partial charge in [-0.3, -0.25) is 4.79 Å². The number of hydrogen-bond acceptors (Lipinski definition) is 4. The minimum absolute atomic E-state index is 0.00280. The van der Waals surface area contributed by atoms with Crippen molar-refractivity contribution in [2.75, 3.05) is 6.61 Å². The number of carbonyl (C=O) groups excluding carboxylic acids is 1. The molecule has 0 saturated carbocycles. The number of aromatic nitrogens is 2. The second-order valence-electron chi connectivity index (χ2n) is 9.96. The summed E-state index contributed by atoms with van der Waals surface area (Å²) in [6.07, 6.45) is 5.03. The molecule has 178 valence electrons. The van der Waals surface area contributed by atoms with E-state index in [1.54, 1.807) is 12.5 Å². The van der Waals surface area contributed by atoms with E-state index in [9.17, 15) is 4.79 Å². The normalized spacial score (nSPS) is 13.3. The summed E-state index contributed by atoms with van der Waals surface area (Å²) >= 11 is 3.53. The van der Waals surface area contributed by atoms with Crippen LogP contribution in [0.4, 0.5) is 0 Å². The van der Waals surface area contributed by atoms with Crippen LogP contribution in [0.2, 0.25) is 18.1 Å². The summed E-state index contributed by atoms with van der Waals surface area (Å²) in [5.41, 5.74) is 5.63. The predicted octanol–water partition coefficient (Wildman–Crippen LogP) is 6.15. The van der Waals surface area contributed by atoms with Crippen LogP contribution in [0.5, 0.6) is 5.75 Å². The lowest BCUT2D eigenvalue weighted by Gasteiger charge is -2.39. The maximum atomic E-state index is 11.4. The second kappa shape index (κ2) is 10.4. The van der Waals surface area contributed by atoms with E-state index in [4.69, 9.17) is 14.9 Å². The van der Waals surface area contributed by atoms with Crippen LogP contribution in [-0.4, -0.2) is 36.5 Å². The van der Waals surface area contributed by atoms with Gasteiger partial charge in [-0.25, -0.2) is 4.98 Å². The summed E-state index contributed by atoms with van der Waals surface area (Å²) in [5.74, 6) is 0.342. The van der Waals surface area contributed by atoms with Gasteiger partial charge in [-0.2, -0.15) is 0 Å². The number of hydrogen-bond donors (Lipinski definition) is 1. The van der Waals surface area contributed by atoms with Gasteiger partial charge in [-0.05, 0) is 66.0 Å². The molecule has 0 bridgehead atoms.